The standard InChI is InChI=1S/C10H15N3S2/c1-3-5-14-9-8(7-11-2)13-4-6-15-10(13)12-9/h4,6,11H,3,5,7H2,1-2H3. The van der Waals surface area contributed by atoms with Gasteiger partial charge >= 0.3 is 0 Å². The third-order valence-corrected chi connectivity index (χ3v) is 4.08. The molecule has 0 radical (unpaired) electrons. The Kier molecular flexibility index (Phi) is 3.66. The van der Waals surface area contributed by atoms with Gasteiger partial charge in [0.05, 0.1) is 5.69 Å². The molecule has 3 nitrogen and oxygen atoms in total. The molecule has 0 atom stereocenters. The molecule has 0 bridgehead atoms. The molecule has 2 aromatic heterocycles. The summed E-state index contributed by atoms with van der Waals surface area (Å²) in [4.78, 5) is 5.73. The van der Waals surface area contributed by atoms with Gasteiger partial charge in [0.15, 0.2) is 4.96 Å². The topological polar surface area (TPSA) is 29.3 Å². The number of hydrogen-bond donors (Lipinski definition) is 1. The van der Waals surface area contributed by atoms with Crippen LogP contribution in [0.15, 0.2) is 16.6 Å². The number of thiazole rings is 1. The van der Waals surface area contributed by atoms with Crippen molar-refractivity contribution >= 4 is 28.1 Å². The molecule has 1 N–H and O–H groups in total. The first-order valence-corrected chi connectivity index (χ1v) is 6.95. The SMILES string of the molecule is CCCSc1nc2sccn2c1CNC. The minimum atomic E-state index is 0.879. The van der Waals surface area contributed by atoms with E-state index in [1.54, 1.807) is 11.3 Å². The zero-order valence-corrected chi connectivity index (χ0v) is 10.6. The molecule has 0 aromatic carbocycles. The van der Waals surface area contributed by atoms with E-state index in [4.69, 9.17) is 0 Å². The van der Waals surface area contributed by atoms with Crippen LogP contribution < -0.4 is 5.32 Å². The maximum absolute atomic E-state index is 4.63. The van der Waals surface area contributed by atoms with E-state index in [2.05, 4.69) is 33.2 Å². The molecule has 5 heteroatoms. The first-order chi connectivity index (χ1) is 7.36. The highest BCUT2D eigenvalue weighted by Crippen LogP contribution is 2.26. The van der Waals surface area contributed by atoms with Gasteiger partial charge in [-0.15, -0.1) is 23.1 Å². The summed E-state index contributed by atoms with van der Waals surface area (Å²) < 4.78 is 2.18. The van der Waals surface area contributed by atoms with Crippen LogP contribution in [0.1, 0.15) is 19.0 Å². The van der Waals surface area contributed by atoms with E-state index in [-0.39, 0.29) is 0 Å². The van der Waals surface area contributed by atoms with Crippen LogP contribution in [0.2, 0.25) is 0 Å². The molecule has 0 unspecified atom stereocenters. The molecule has 0 fully saturated rings. The summed E-state index contributed by atoms with van der Waals surface area (Å²) in [5.41, 5.74) is 1.28. The predicted octanol–water partition coefficient (Wildman–Crippen LogP) is 2.62. The first kappa shape index (κ1) is 11.0. The molecule has 2 rings (SSSR count). The van der Waals surface area contributed by atoms with Gasteiger partial charge in [0.25, 0.3) is 0 Å². The number of aromatic nitrogens is 2. The van der Waals surface area contributed by atoms with Crippen LogP contribution in [0.3, 0.4) is 0 Å². The van der Waals surface area contributed by atoms with Gasteiger partial charge in [0, 0.05) is 18.1 Å². The highest BCUT2D eigenvalue weighted by Gasteiger charge is 2.11. The van der Waals surface area contributed by atoms with Crippen molar-refractivity contribution in [3.63, 3.8) is 0 Å². The fraction of sp³-hybridized carbons (Fsp3) is 0.500. The molecular formula is C10H15N3S2. The zero-order valence-electron chi connectivity index (χ0n) is 8.99. The molecule has 2 aromatic rings. The third kappa shape index (κ3) is 2.19. The van der Waals surface area contributed by atoms with E-state index in [1.807, 2.05) is 18.8 Å². The normalized spacial score (nSPS) is 11.3. The largest absolute Gasteiger partial charge is 0.314 e. The van der Waals surface area contributed by atoms with Gasteiger partial charge in [0.2, 0.25) is 0 Å². The van der Waals surface area contributed by atoms with Gasteiger partial charge in [-0.25, -0.2) is 4.98 Å². The summed E-state index contributed by atoms with van der Waals surface area (Å²) in [7, 11) is 1.97. The van der Waals surface area contributed by atoms with Crippen molar-refractivity contribution in [3.05, 3.63) is 17.3 Å². The predicted molar refractivity (Wildman–Crippen MR) is 66.8 cm³/mol. The summed E-state index contributed by atoms with van der Waals surface area (Å²) in [6, 6.07) is 0. The second-order valence-corrected chi connectivity index (χ2v) is 5.25. The average Bonchev–Trinajstić information content (AvgIpc) is 2.78. The summed E-state index contributed by atoms with van der Waals surface area (Å²) in [5.74, 6) is 1.14. The fourth-order valence-electron chi connectivity index (χ4n) is 1.46. The number of nitrogens with zero attached hydrogens (tertiary/aromatic N) is 2. The van der Waals surface area contributed by atoms with Crippen molar-refractivity contribution in [3.8, 4) is 0 Å². The lowest BCUT2D eigenvalue weighted by Gasteiger charge is -2.01. The molecule has 0 aliphatic heterocycles. The lowest BCUT2D eigenvalue weighted by molar-refractivity contribution is 0.765. The molecule has 82 valence electrons. The van der Waals surface area contributed by atoms with E-state index in [0.717, 1.165) is 17.3 Å². The second-order valence-electron chi connectivity index (χ2n) is 3.30. The minimum absolute atomic E-state index is 0.879. The van der Waals surface area contributed by atoms with Crippen molar-refractivity contribution in [1.82, 2.24) is 14.7 Å². The lowest BCUT2D eigenvalue weighted by Crippen LogP contribution is -2.08. The third-order valence-electron chi connectivity index (χ3n) is 2.11. The zero-order chi connectivity index (χ0) is 10.7. The van der Waals surface area contributed by atoms with Gasteiger partial charge in [-0.3, -0.25) is 4.40 Å². The Labute approximate surface area is 97.9 Å². The smallest absolute Gasteiger partial charge is 0.194 e. The molecule has 0 aliphatic rings. The second kappa shape index (κ2) is 5.01. The van der Waals surface area contributed by atoms with Crippen LogP contribution in [0.5, 0.6) is 0 Å². The first-order valence-electron chi connectivity index (χ1n) is 5.08. The van der Waals surface area contributed by atoms with Crippen LogP contribution in [0.4, 0.5) is 0 Å². The van der Waals surface area contributed by atoms with Gasteiger partial charge < -0.3 is 5.32 Å². The fourth-order valence-corrected chi connectivity index (χ4v) is 3.13. The van der Waals surface area contributed by atoms with Crippen molar-refractivity contribution in [2.24, 2.45) is 0 Å². The maximum Gasteiger partial charge on any atom is 0.194 e. The monoisotopic (exact) mass is 241 g/mol. The summed E-state index contributed by atoms with van der Waals surface area (Å²) in [6.07, 6.45) is 3.28. The van der Waals surface area contributed by atoms with Crippen molar-refractivity contribution in [2.75, 3.05) is 12.8 Å². The molecule has 0 spiro atoms. The lowest BCUT2D eigenvalue weighted by atomic mass is 10.5. The molecule has 0 saturated carbocycles. The Balaban J connectivity index is 2.33. The van der Waals surface area contributed by atoms with E-state index < -0.39 is 0 Å². The molecular weight excluding hydrogens is 226 g/mol. The van der Waals surface area contributed by atoms with Crippen LogP contribution in [-0.2, 0) is 6.54 Å². The number of nitrogens with one attached hydrogen (secondary N) is 1. The molecule has 0 saturated heterocycles. The van der Waals surface area contributed by atoms with E-state index in [0.29, 0.717) is 0 Å². The van der Waals surface area contributed by atoms with Gasteiger partial charge in [0.1, 0.15) is 5.03 Å². The van der Waals surface area contributed by atoms with E-state index in [1.165, 1.54) is 17.1 Å². The molecule has 2 heterocycles. The Morgan fingerprint density at radius 3 is 3.20 bits per heavy atom. The minimum Gasteiger partial charge on any atom is -0.314 e. The van der Waals surface area contributed by atoms with Crippen LogP contribution >= 0.6 is 23.1 Å². The summed E-state index contributed by atoms with van der Waals surface area (Å²) in [5, 5.41) is 6.46. The number of hydrogen-bond acceptors (Lipinski definition) is 4. The number of thioether (sulfide) groups is 1. The highest BCUT2D eigenvalue weighted by molar-refractivity contribution is 7.99. The quantitative estimate of drug-likeness (QED) is 0.816. The number of fused-ring (bicyclic) bond motifs is 1. The van der Waals surface area contributed by atoms with E-state index in [9.17, 15) is 0 Å². The van der Waals surface area contributed by atoms with Crippen molar-refractivity contribution < 1.29 is 0 Å². The highest BCUT2D eigenvalue weighted by atomic mass is 32.2. The Morgan fingerprint density at radius 1 is 1.60 bits per heavy atom. The summed E-state index contributed by atoms with van der Waals surface area (Å²) in [6.45, 7) is 3.08. The van der Waals surface area contributed by atoms with Crippen LogP contribution in [0.25, 0.3) is 4.96 Å². The van der Waals surface area contributed by atoms with E-state index >= 15 is 0 Å². The van der Waals surface area contributed by atoms with Crippen molar-refractivity contribution in [2.45, 2.75) is 24.9 Å². The number of imidazole rings is 1. The Hall–Kier alpha value is -0.520. The average molecular weight is 241 g/mol. The molecule has 15 heavy (non-hydrogen) atoms. The van der Waals surface area contributed by atoms with Gasteiger partial charge in [-0.1, -0.05) is 6.92 Å². The van der Waals surface area contributed by atoms with Gasteiger partial charge in [-0.2, -0.15) is 0 Å². The Morgan fingerprint density at radius 2 is 2.47 bits per heavy atom. The Bertz CT molecular complexity index is 433. The van der Waals surface area contributed by atoms with Crippen molar-refractivity contribution in [1.29, 1.82) is 0 Å². The molecule has 0 amide bonds. The summed E-state index contributed by atoms with van der Waals surface area (Å²) >= 11 is 3.54. The van der Waals surface area contributed by atoms with Gasteiger partial charge in [-0.05, 0) is 19.2 Å². The molecule has 0 aliphatic carbocycles. The maximum atomic E-state index is 4.63. The number of rotatable bonds is 5. The van der Waals surface area contributed by atoms with Crippen LogP contribution in [-0.4, -0.2) is 22.2 Å². The van der Waals surface area contributed by atoms with Crippen LogP contribution in [0, 0.1) is 0 Å².